The van der Waals surface area contributed by atoms with E-state index in [1.807, 2.05) is 6.92 Å². The van der Waals surface area contributed by atoms with Gasteiger partial charge in [0.05, 0.1) is 15.0 Å². The summed E-state index contributed by atoms with van der Waals surface area (Å²) < 4.78 is 0. The Morgan fingerprint density at radius 2 is 1.87 bits per heavy atom. The molecule has 0 amide bonds. The number of benzene rings is 1. The van der Waals surface area contributed by atoms with Gasteiger partial charge in [0.1, 0.15) is 0 Å². The number of hydrogen-bond acceptors (Lipinski definition) is 1. The maximum atomic E-state index is 6.05. The molecule has 0 spiro atoms. The van der Waals surface area contributed by atoms with Gasteiger partial charge in [0.25, 0.3) is 0 Å². The average molecular weight is 283 g/mol. The Morgan fingerprint density at radius 3 is 2.40 bits per heavy atom. The van der Waals surface area contributed by atoms with Gasteiger partial charge in [-0.2, -0.15) is 0 Å². The van der Waals surface area contributed by atoms with Crippen molar-refractivity contribution >= 4 is 52.0 Å². The maximum absolute atomic E-state index is 6.05. The molecule has 2 N–H and O–H groups in total. The summed E-state index contributed by atoms with van der Waals surface area (Å²) in [6.45, 7) is 1.93. The Kier molecular flexibility index (Phi) is 4.65. The van der Waals surface area contributed by atoms with Crippen molar-refractivity contribution in [3.63, 3.8) is 0 Å². The zero-order valence-corrected chi connectivity index (χ0v) is 11.1. The molecule has 1 rings (SSSR count). The van der Waals surface area contributed by atoms with E-state index in [9.17, 15) is 0 Å². The summed E-state index contributed by atoms with van der Waals surface area (Å²) >= 11 is 22.9. The first kappa shape index (κ1) is 13.0. The van der Waals surface area contributed by atoms with Gasteiger partial charge in [-0.25, -0.2) is 0 Å². The van der Waals surface area contributed by atoms with Crippen LogP contribution >= 0.6 is 47.0 Å². The predicted octanol–water partition coefficient (Wildman–Crippen LogP) is 4.11. The molecule has 0 aliphatic heterocycles. The minimum absolute atomic E-state index is 0.0495. The van der Waals surface area contributed by atoms with Gasteiger partial charge >= 0.3 is 0 Å². The molecule has 0 heterocycles. The molecule has 82 valence electrons. The van der Waals surface area contributed by atoms with Crippen LogP contribution in [0.3, 0.4) is 0 Å². The lowest BCUT2D eigenvalue weighted by Crippen LogP contribution is -2.20. The molecule has 1 nitrogen and oxygen atoms in total. The van der Waals surface area contributed by atoms with Gasteiger partial charge in [-0.15, -0.1) is 0 Å². The fourth-order valence-electron chi connectivity index (χ4n) is 1.16. The molecule has 0 radical (unpaired) electrons. The monoisotopic (exact) mass is 281 g/mol. The standard InChI is InChI=1S/C10H10Cl3NS/c1-5(10(14)15)4-6-7(11)2-3-8(12)9(6)13/h2-3,5H,4H2,1H3,(H2,14,15). The second-order valence-electron chi connectivity index (χ2n) is 3.33. The molecule has 0 aromatic heterocycles. The Morgan fingerprint density at radius 1 is 1.33 bits per heavy atom. The molecule has 5 heteroatoms. The average Bonchev–Trinajstić information content (AvgIpc) is 2.18. The highest BCUT2D eigenvalue weighted by molar-refractivity contribution is 7.80. The smallest absolute Gasteiger partial charge is 0.0759 e. The second kappa shape index (κ2) is 5.35. The number of hydrogen-bond donors (Lipinski definition) is 1. The van der Waals surface area contributed by atoms with Crippen LogP contribution < -0.4 is 5.73 Å². The van der Waals surface area contributed by atoms with Crippen molar-refractivity contribution in [3.8, 4) is 0 Å². The highest BCUT2D eigenvalue weighted by Crippen LogP contribution is 2.33. The van der Waals surface area contributed by atoms with Gasteiger partial charge in [-0.05, 0) is 24.1 Å². The van der Waals surface area contributed by atoms with Crippen molar-refractivity contribution < 1.29 is 0 Å². The lowest BCUT2D eigenvalue weighted by Gasteiger charge is -2.13. The van der Waals surface area contributed by atoms with E-state index >= 15 is 0 Å². The molecule has 1 aromatic rings. The van der Waals surface area contributed by atoms with Crippen LogP contribution in [0.25, 0.3) is 0 Å². The van der Waals surface area contributed by atoms with Crippen LogP contribution in [0, 0.1) is 5.92 Å². The first-order valence-electron chi connectivity index (χ1n) is 4.35. The zero-order valence-electron chi connectivity index (χ0n) is 8.06. The second-order valence-corrected chi connectivity index (χ2v) is 4.99. The molecule has 0 saturated carbocycles. The SMILES string of the molecule is CC(Cc1c(Cl)ccc(Cl)c1Cl)C(N)=S. The summed E-state index contributed by atoms with van der Waals surface area (Å²) in [5.41, 5.74) is 6.33. The third-order valence-corrected chi connectivity index (χ3v) is 3.73. The van der Waals surface area contributed by atoms with Crippen LogP contribution in [-0.4, -0.2) is 4.99 Å². The van der Waals surface area contributed by atoms with E-state index in [4.69, 9.17) is 52.8 Å². The van der Waals surface area contributed by atoms with Crippen molar-refractivity contribution in [3.05, 3.63) is 32.8 Å². The van der Waals surface area contributed by atoms with E-state index in [1.54, 1.807) is 12.1 Å². The summed E-state index contributed by atoms with van der Waals surface area (Å²) in [4.78, 5) is 0.446. The summed E-state index contributed by atoms with van der Waals surface area (Å²) in [6, 6.07) is 3.39. The number of thiocarbonyl (C=S) groups is 1. The summed E-state index contributed by atoms with van der Waals surface area (Å²) in [5, 5.41) is 1.56. The van der Waals surface area contributed by atoms with Gasteiger partial charge in [0, 0.05) is 10.9 Å². The Labute approximate surface area is 109 Å². The molecule has 0 fully saturated rings. The molecule has 0 saturated heterocycles. The molecule has 1 aromatic carbocycles. The molecular weight excluding hydrogens is 273 g/mol. The van der Waals surface area contributed by atoms with Crippen molar-refractivity contribution in [2.75, 3.05) is 0 Å². The molecule has 15 heavy (non-hydrogen) atoms. The Hall–Kier alpha value is -0.0200. The normalized spacial score (nSPS) is 12.5. The van der Waals surface area contributed by atoms with E-state index < -0.39 is 0 Å². The van der Waals surface area contributed by atoms with Crippen LogP contribution in [0.15, 0.2) is 12.1 Å². The minimum atomic E-state index is 0.0495. The van der Waals surface area contributed by atoms with E-state index in [0.29, 0.717) is 26.5 Å². The molecular formula is C10H10Cl3NS. The third-order valence-electron chi connectivity index (χ3n) is 2.13. The van der Waals surface area contributed by atoms with Crippen molar-refractivity contribution in [1.29, 1.82) is 0 Å². The highest BCUT2D eigenvalue weighted by Gasteiger charge is 2.14. The molecule has 0 aliphatic carbocycles. The fourth-order valence-corrected chi connectivity index (χ4v) is 1.95. The first-order chi connectivity index (χ1) is 6.93. The summed E-state index contributed by atoms with van der Waals surface area (Å²) in [5.74, 6) is 0.0495. The van der Waals surface area contributed by atoms with Crippen LogP contribution in [0.4, 0.5) is 0 Å². The third kappa shape index (κ3) is 3.22. The number of rotatable bonds is 3. The summed E-state index contributed by atoms with van der Waals surface area (Å²) in [6.07, 6.45) is 0.605. The van der Waals surface area contributed by atoms with Crippen molar-refractivity contribution in [2.45, 2.75) is 13.3 Å². The van der Waals surface area contributed by atoms with Gasteiger partial charge in [0.15, 0.2) is 0 Å². The van der Waals surface area contributed by atoms with Gasteiger partial charge in [-0.1, -0.05) is 53.9 Å². The zero-order chi connectivity index (χ0) is 11.6. The Balaban J connectivity index is 3.03. The molecule has 1 unspecified atom stereocenters. The van der Waals surface area contributed by atoms with Crippen LogP contribution in [0.5, 0.6) is 0 Å². The van der Waals surface area contributed by atoms with Gasteiger partial charge in [-0.3, -0.25) is 0 Å². The highest BCUT2D eigenvalue weighted by atomic mass is 35.5. The summed E-state index contributed by atoms with van der Waals surface area (Å²) in [7, 11) is 0. The van der Waals surface area contributed by atoms with Crippen LogP contribution in [-0.2, 0) is 6.42 Å². The predicted molar refractivity (Wildman–Crippen MR) is 71.1 cm³/mol. The van der Waals surface area contributed by atoms with Crippen LogP contribution in [0.1, 0.15) is 12.5 Å². The largest absolute Gasteiger partial charge is 0.393 e. The minimum Gasteiger partial charge on any atom is -0.393 e. The first-order valence-corrected chi connectivity index (χ1v) is 5.89. The van der Waals surface area contributed by atoms with Crippen molar-refractivity contribution in [2.24, 2.45) is 11.7 Å². The van der Waals surface area contributed by atoms with Gasteiger partial charge < -0.3 is 5.73 Å². The number of halogens is 3. The number of nitrogens with two attached hydrogens (primary N) is 1. The fraction of sp³-hybridized carbons (Fsp3) is 0.300. The van der Waals surface area contributed by atoms with Crippen molar-refractivity contribution in [1.82, 2.24) is 0 Å². The lowest BCUT2D eigenvalue weighted by molar-refractivity contribution is 0.772. The maximum Gasteiger partial charge on any atom is 0.0759 e. The lowest BCUT2D eigenvalue weighted by atomic mass is 10.0. The van der Waals surface area contributed by atoms with E-state index in [-0.39, 0.29) is 5.92 Å². The molecule has 0 bridgehead atoms. The van der Waals surface area contributed by atoms with E-state index in [0.717, 1.165) is 5.56 Å². The molecule has 0 aliphatic rings. The molecule has 1 atom stereocenters. The van der Waals surface area contributed by atoms with E-state index in [1.165, 1.54) is 0 Å². The van der Waals surface area contributed by atoms with E-state index in [2.05, 4.69) is 0 Å². The topological polar surface area (TPSA) is 26.0 Å². The quantitative estimate of drug-likeness (QED) is 0.667. The van der Waals surface area contributed by atoms with Gasteiger partial charge in [0.2, 0.25) is 0 Å². The van der Waals surface area contributed by atoms with Crippen LogP contribution in [0.2, 0.25) is 15.1 Å². The Bertz CT molecular complexity index is 392.